The lowest BCUT2D eigenvalue weighted by molar-refractivity contribution is 1.20. The highest BCUT2D eigenvalue weighted by atomic mass is 35.5. The number of nitrogens with one attached hydrogen (secondary N) is 2. The minimum absolute atomic E-state index is 0.110. The van der Waals surface area contributed by atoms with E-state index in [1.807, 2.05) is 0 Å². The second kappa shape index (κ2) is 5.80. The van der Waals surface area contributed by atoms with Crippen LogP contribution in [0.5, 0.6) is 0 Å². The molecule has 1 aromatic carbocycles. The van der Waals surface area contributed by atoms with Gasteiger partial charge in [0.05, 0.1) is 30.8 Å². The van der Waals surface area contributed by atoms with Crippen molar-refractivity contribution in [2.24, 2.45) is 0 Å². The van der Waals surface area contributed by atoms with E-state index in [2.05, 4.69) is 10.6 Å². The Bertz CT molecular complexity index is 420. The van der Waals surface area contributed by atoms with Crippen LogP contribution in [0.4, 0.5) is 5.69 Å². The van der Waals surface area contributed by atoms with E-state index in [9.17, 15) is 0 Å². The molecule has 0 radical (unpaired) electrons. The fourth-order valence-electron chi connectivity index (χ4n) is 0.891. The van der Waals surface area contributed by atoms with Gasteiger partial charge in [0.2, 0.25) is 0 Å². The number of rotatable bonds is 1. The quantitative estimate of drug-likeness (QED) is 0.434. The predicted octanol–water partition coefficient (Wildman–Crippen LogP) is 4.87. The topological polar surface area (TPSA) is 24.1 Å². The maximum Gasteiger partial charge on any atom is 0.170 e. The zero-order chi connectivity index (χ0) is 12.5. The van der Waals surface area contributed by atoms with E-state index in [1.54, 1.807) is 7.05 Å². The molecule has 2 nitrogen and oxygen atoms in total. The van der Waals surface area contributed by atoms with Crippen LogP contribution in [-0.4, -0.2) is 12.2 Å². The molecular formula is C8H5Cl5N2S. The molecule has 88 valence electrons. The minimum atomic E-state index is 0.110. The zero-order valence-corrected chi connectivity index (χ0v) is 12.4. The molecule has 8 heteroatoms. The second-order valence-corrected chi connectivity index (χ2v) is 4.95. The van der Waals surface area contributed by atoms with Crippen LogP contribution in [0.1, 0.15) is 0 Å². The fraction of sp³-hybridized carbons (Fsp3) is 0.125. The Hall–Kier alpha value is 0.360. The van der Waals surface area contributed by atoms with Crippen LogP contribution in [0.3, 0.4) is 0 Å². The summed E-state index contributed by atoms with van der Waals surface area (Å²) in [5.41, 5.74) is 0.321. The molecule has 0 heterocycles. The van der Waals surface area contributed by atoms with Crippen molar-refractivity contribution in [1.29, 1.82) is 0 Å². The molecule has 0 fully saturated rings. The first-order valence-corrected chi connectivity index (χ1v) is 6.20. The molecule has 0 atom stereocenters. The first-order chi connectivity index (χ1) is 7.40. The van der Waals surface area contributed by atoms with Gasteiger partial charge in [-0.05, 0) is 12.2 Å². The van der Waals surface area contributed by atoms with Crippen molar-refractivity contribution in [3.8, 4) is 0 Å². The maximum atomic E-state index is 5.97. The number of benzene rings is 1. The largest absolute Gasteiger partial charge is 0.366 e. The van der Waals surface area contributed by atoms with Crippen molar-refractivity contribution in [2.45, 2.75) is 0 Å². The summed E-state index contributed by atoms with van der Waals surface area (Å²) in [7, 11) is 1.65. The van der Waals surface area contributed by atoms with E-state index in [0.29, 0.717) is 10.8 Å². The Morgan fingerprint density at radius 2 is 1.25 bits per heavy atom. The van der Waals surface area contributed by atoms with E-state index in [0.717, 1.165) is 0 Å². The molecule has 2 N–H and O–H groups in total. The molecule has 0 bridgehead atoms. The number of thiocarbonyl (C=S) groups is 1. The van der Waals surface area contributed by atoms with Gasteiger partial charge in [-0.3, -0.25) is 0 Å². The zero-order valence-electron chi connectivity index (χ0n) is 7.80. The summed E-state index contributed by atoms with van der Waals surface area (Å²) in [5, 5.41) is 6.49. The van der Waals surface area contributed by atoms with Crippen molar-refractivity contribution >= 4 is 81.0 Å². The van der Waals surface area contributed by atoms with Crippen LogP contribution in [-0.2, 0) is 0 Å². The van der Waals surface area contributed by atoms with Crippen LogP contribution >= 0.6 is 70.2 Å². The number of anilines is 1. The summed E-state index contributed by atoms with van der Waals surface area (Å²) < 4.78 is 0. The molecule has 0 aliphatic rings. The third kappa shape index (κ3) is 2.78. The van der Waals surface area contributed by atoms with Gasteiger partial charge in [-0.1, -0.05) is 58.0 Å². The molecule has 16 heavy (non-hydrogen) atoms. The Labute approximate surface area is 123 Å². The molecule has 0 aliphatic heterocycles. The van der Waals surface area contributed by atoms with Crippen LogP contribution in [0.15, 0.2) is 0 Å². The summed E-state index contributed by atoms with van der Waals surface area (Å²) in [6, 6.07) is 0. The lowest BCUT2D eigenvalue weighted by Gasteiger charge is -2.14. The molecule has 0 aromatic heterocycles. The molecule has 0 spiro atoms. The highest BCUT2D eigenvalue weighted by Crippen LogP contribution is 2.46. The number of hydrogen-bond acceptors (Lipinski definition) is 1. The lowest BCUT2D eigenvalue weighted by atomic mass is 10.3. The smallest absolute Gasteiger partial charge is 0.170 e. The molecule has 1 rings (SSSR count). The summed E-state index contributed by atoms with van der Waals surface area (Å²) in [6.07, 6.45) is 0. The van der Waals surface area contributed by atoms with Gasteiger partial charge < -0.3 is 10.6 Å². The molecule has 1 aromatic rings. The SMILES string of the molecule is CNC(=S)Nc1c(Cl)c(Cl)c(Cl)c(Cl)c1Cl. The normalized spacial score (nSPS) is 10.1. The van der Waals surface area contributed by atoms with Gasteiger partial charge in [0.15, 0.2) is 5.11 Å². The van der Waals surface area contributed by atoms with Gasteiger partial charge in [-0.25, -0.2) is 0 Å². The van der Waals surface area contributed by atoms with Crippen molar-refractivity contribution < 1.29 is 0 Å². The predicted molar refractivity (Wildman–Crippen MR) is 76.8 cm³/mol. The van der Waals surface area contributed by atoms with Crippen LogP contribution < -0.4 is 10.6 Å². The van der Waals surface area contributed by atoms with Gasteiger partial charge in [0, 0.05) is 7.05 Å². The van der Waals surface area contributed by atoms with E-state index in [1.165, 1.54) is 0 Å². The second-order valence-electron chi connectivity index (χ2n) is 2.65. The van der Waals surface area contributed by atoms with Gasteiger partial charge in [0.25, 0.3) is 0 Å². The van der Waals surface area contributed by atoms with Crippen molar-refractivity contribution in [1.82, 2.24) is 5.32 Å². The van der Waals surface area contributed by atoms with E-state index in [4.69, 9.17) is 70.2 Å². The third-order valence-electron chi connectivity index (χ3n) is 1.68. The first-order valence-electron chi connectivity index (χ1n) is 3.90. The van der Waals surface area contributed by atoms with Crippen molar-refractivity contribution in [2.75, 3.05) is 12.4 Å². The average molecular weight is 338 g/mol. The van der Waals surface area contributed by atoms with Gasteiger partial charge in [-0.15, -0.1) is 0 Å². The standard InChI is InChI=1S/C8H5Cl5N2S/c1-14-8(16)15-7-5(12)3(10)2(9)4(11)6(7)13/h1H3,(H2,14,15,16). The summed E-state index contributed by atoms with van der Waals surface area (Å²) in [4.78, 5) is 0. The minimum Gasteiger partial charge on any atom is -0.366 e. The number of halogens is 5. The van der Waals surface area contributed by atoms with Crippen LogP contribution in [0.25, 0.3) is 0 Å². The Balaban J connectivity index is 3.34. The Morgan fingerprint density at radius 1 is 0.875 bits per heavy atom. The highest BCUT2D eigenvalue weighted by molar-refractivity contribution is 7.80. The number of hydrogen-bond donors (Lipinski definition) is 2. The van der Waals surface area contributed by atoms with Crippen LogP contribution in [0, 0.1) is 0 Å². The van der Waals surface area contributed by atoms with E-state index < -0.39 is 0 Å². The molecule has 0 amide bonds. The summed E-state index contributed by atoms with van der Waals surface area (Å²) >= 11 is 34.4. The van der Waals surface area contributed by atoms with E-state index in [-0.39, 0.29) is 25.1 Å². The molecular weight excluding hydrogens is 333 g/mol. The maximum absolute atomic E-state index is 5.97. The molecule has 0 saturated carbocycles. The fourth-order valence-corrected chi connectivity index (χ4v) is 2.23. The lowest BCUT2D eigenvalue weighted by Crippen LogP contribution is -2.24. The summed E-state index contributed by atoms with van der Waals surface area (Å²) in [6.45, 7) is 0. The van der Waals surface area contributed by atoms with E-state index >= 15 is 0 Å². The van der Waals surface area contributed by atoms with Gasteiger partial charge in [0.1, 0.15) is 0 Å². The van der Waals surface area contributed by atoms with Gasteiger partial charge in [-0.2, -0.15) is 0 Å². The average Bonchev–Trinajstić information content (AvgIpc) is 2.29. The van der Waals surface area contributed by atoms with Crippen molar-refractivity contribution in [3.63, 3.8) is 0 Å². The Kier molecular flexibility index (Phi) is 5.23. The monoisotopic (exact) mass is 336 g/mol. The summed E-state index contributed by atoms with van der Waals surface area (Å²) in [5.74, 6) is 0. The first kappa shape index (κ1) is 14.4. The molecule has 0 saturated heterocycles. The van der Waals surface area contributed by atoms with Gasteiger partial charge >= 0.3 is 0 Å². The highest BCUT2D eigenvalue weighted by Gasteiger charge is 2.19. The third-order valence-corrected chi connectivity index (χ3v) is 4.26. The molecule has 0 aliphatic carbocycles. The van der Waals surface area contributed by atoms with Crippen molar-refractivity contribution in [3.05, 3.63) is 25.1 Å². The van der Waals surface area contributed by atoms with Crippen LogP contribution in [0.2, 0.25) is 25.1 Å². The Morgan fingerprint density at radius 3 is 1.62 bits per heavy atom. The molecule has 0 unspecified atom stereocenters.